The third kappa shape index (κ3) is 2.21. The summed E-state index contributed by atoms with van der Waals surface area (Å²) in [5, 5.41) is 24.0. The van der Waals surface area contributed by atoms with Gasteiger partial charge in [-0.1, -0.05) is 24.2 Å². The maximum Gasteiger partial charge on any atom is 0.282 e. The average molecular weight is 249 g/mol. The molecule has 0 bridgehead atoms. The first-order valence-corrected chi connectivity index (χ1v) is 5.39. The van der Waals surface area contributed by atoms with Crippen LogP contribution in [-0.4, -0.2) is 20.2 Å². The summed E-state index contributed by atoms with van der Waals surface area (Å²) in [4.78, 5) is 14.3. The lowest BCUT2D eigenvalue weighted by molar-refractivity contribution is -0.384. The van der Waals surface area contributed by atoms with Crippen molar-refractivity contribution < 1.29 is 14.6 Å². The van der Waals surface area contributed by atoms with Crippen molar-refractivity contribution in [2.75, 3.05) is 0 Å². The van der Waals surface area contributed by atoms with E-state index in [1.165, 1.54) is 12.1 Å². The van der Waals surface area contributed by atoms with E-state index in [0.717, 1.165) is 0 Å². The van der Waals surface area contributed by atoms with Gasteiger partial charge in [-0.05, 0) is 12.5 Å². The second kappa shape index (κ2) is 4.92. The maximum atomic E-state index is 10.9. The highest BCUT2D eigenvalue weighted by molar-refractivity contribution is 5.66. The minimum absolute atomic E-state index is 0.0322. The number of hydrogen-bond donors (Lipinski definition) is 1. The molecule has 0 aliphatic rings. The van der Waals surface area contributed by atoms with E-state index in [4.69, 9.17) is 4.52 Å². The van der Waals surface area contributed by atoms with E-state index in [-0.39, 0.29) is 23.0 Å². The third-order valence-electron chi connectivity index (χ3n) is 2.46. The SMILES string of the molecule is CCC(O)c1noc(-c2ccccc2[N+](=O)[O-])n1. The molecule has 2 rings (SSSR count). The number of nitro benzene ring substituents is 1. The van der Waals surface area contributed by atoms with Crippen molar-refractivity contribution in [2.24, 2.45) is 0 Å². The molecule has 0 spiro atoms. The second-order valence-electron chi connectivity index (χ2n) is 3.66. The normalized spacial score (nSPS) is 12.3. The van der Waals surface area contributed by atoms with E-state index < -0.39 is 11.0 Å². The summed E-state index contributed by atoms with van der Waals surface area (Å²) in [6.07, 6.45) is -0.388. The Kier molecular flexibility index (Phi) is 3.33. The first kappa shape index (κ1) is 12.2. The van der Waals surface area contributed by atoms with Gasteiger partial charge in [0.05, 0.1) is 4.92 Å². The highest BCUT2D eigenvalue weighted by Gasteiger charge is 2.21. The van der Waals surface area contributed by atoms with Gasteiger partial charge in [0, 0.05) is 6.07 Å². The Morgan fingerprint density at radius 3 is 2.89 bits per heavy atom. The summed E-state index contributed by atoms with van der Waals surface area (Å²) in [5.74, 6) is 0.162. The van der Waals surface area contributed by atoms with Gasteiger partial charge in [0.2, 0.25) is 5.82 Å². The van der Waals surface area contributed by atoms with Gasteiger partial charge in [0.25, 0.3) is 11.6 Å². The molecular weight excluding hydrogens is 238 g/mol. The maximum absolute atomic E-state index is 10.9. The summed E-state index contributed by atoms with van der Waals surface area (Å²) in [6.45, 7) is 1.77. The molecule has 18 heavy (non-hydrogen) atoms. The number of aromatic nitrogens is 2. The number of nitrogens with zero attached hydrogens (tertiary/aromatic N) is 3. The highest BCUT2D eigenvalue weighted by Crippen LogP contribution is 2.28. The molecule has 0 aliphatic heterocycles. The van der Waals surface area contributed by atoms with Crippen LogP contribution in [0.25, 0.3) is 11.5 Å². The molecule has 1 atom stereocenters. The van der Waals surface area contributed by atoms with Gasteiger partial charge in [-0.25, -0.2) is 0 Å². The number of rotatable bonds is 4. The number of benzene rings is 1. The fourth-order valence-electron chi connectivity index (χ4n) is 1.48. The van der Waals surface area contributed by atoms with Crippen molar-refractivity contribution in [2.45, 2.75) is 19.4 Å². The molecule has 0 radical (unpaired) electrons. The first-order chi connectivity index (χ1) is 8.63. The van der Waals surface area contributed by atoms with Crippen molar-refractivity contribution in [3.63, 3.8) is 0 Å². The van der Waals surface area contributed by atoms with Gasteiger partial charge < -0.3 is 9.63 Å². The third-order valence-corrected chi connectivity index (χ3v) is 2.46. The number of para-hydroxylation sites is 1. The zero-order valence-corrected chi connectivity index (χ0v) is 9.61. The van der Waals surface area contributed by atoms with Crippen LogP contribution < -0.4 is 0 Å². The van der Waals surface area contributed by atoms with Crippen molar-refractivity contribution >= 4 is 5.69 Å². The standard InChI is InChI=1S/C11H11N3O4/c1-2-9(15)10-12-11(18-13-10)7-5-3-4-6-8(7)14(16)17/h3-6,9,15H,2H2,1H3. The molecule has 1 heterocycles. The summed E-state index contributed by atoms with van der Waals surface area (Å²) in [5.41, 5.74) is 0.128. The van der Waals surface area contributed by atoms with E-state index in [9.17, 15) is 15.2 Å². The molecule has 7 nitrogen and oxygen atoms in total. The molecule has 1 unspecified atom stereocenters. The highest BCUT2D eigenvalue weighted by atomic mass is 16.6. The molecule has 0 fully saturated rings. The minimum Gasteiger partial charge on any atom is -0.385 e. The Labute approximate surface area is 102 Å². The minimum atomic E-state index is -0.828. The van der Waals surface area contributed by atoms with Crippen LogP contribution >= 0.6 is 0 Å². The van der Waals surface area contributed by atoms with Crippen LogP contribution in [0.3, 0.4) is 0 Å². The fourth-order valence-corrected chi connectivity index (χ4v) is 1.48. The van der Waals surface area contributed by atoms with Crippen LogP contribution in [0.15, 0.2) is 28.8 Å². The van der Waals surface area contributed by atoms with Gasteiger partial charge in [-0.2, -0.15) is 4.98 Å². The zero-order chi connectivity index (χ0) is 13.1. The van der Waals surface area contributed by atoms with Crippen molar-refractivity contribution in [1.82, 2.24) is 10.1 Å². The molecule has 94 valence electrons. The smallest absolute Gasteiger partial charge is 0.282 e. The zero-order valence-electron chi connectivity index (χ0n) is 9.61. The van der Waals surface area contributed by atoms with Crippen molar-refractivity contribution in [3.8, 4) is 11.5 Å². The Balaban J connectivity index is 2.43. The number of nitro groups is 1. The molecular formula is C11H11N3O4. The topological polar surface area (TPSA) is 102 Å². The number of hydrogen-bond acceptors (Lipinski definition) is 6. The van der Waals surface area contributed by atoms with Crippen LogP contribution in [0.4, 0.5) is 5.69 Å². The molecule has 2 aromatic rings. The lowest BCUT2D eigenvalue weighted by atomic mass is 10.2. The molecule has 7 heteroatoms. The van der Waals surface area contributed by atoms with E-state index in [0.29, 0.717) is 6.42 Å². The van der Waals surface area contributed by atoms with Crippen LogP contribution in [0.2, 0.25) is 0 Å². The summed E-state index contributed by atoms with van der Waals surface area (Å²) in [6, 6.07) is 6.07. The molecule has 0 amide bonds. The average Bonchev–Trinajstić information content (AvgIpc) is 2.87. The largest absolute Gasteiger partial charge is 0.385 e. The number of aliphatic hydroxyl groups excluding tert-OH is 1. The molecule has 1 aromatic heterocycles. The van der Waals surface area contributed by atoms with Crippen LogP contribution in [0.1, 0.15) is 25.3 Å². The molecule has 0 saturated heterocycles. The Morgan fingerprint density at radius 1 is 1.50 bits per heavy atom. The summed E-state index contributed by atoms with van der Waals surface area (Å²) >= 11 is 0. The van der Waals surface area contributed by atoms with Crippen molar-refractivity contribution in [3.05, 3.63) is 40.2 Å². The predicted molar refractivity (Wildman–Crippen MR) is 61.6 cm³/mol. The quantitative estimate of drug-likeness (QED) is 0.657. The van der Waals surface area contributed by atoms with E-state index in [2.05, 4.69) is 10.1 Å². The fraction of sp³-hybridized carbons (Fsp3) is 0.273. The van der Waals surface area contributed by atoms with Gasteiger partial charge >= 0.3 is 0 Å². The van der Waals surface area contributed by atoms with Gasteiger partial charge in [0.1, 0.15) is 11.7 Å². The first-order valence-electron chi connectivity index (χ1n) is 5.39. The molecule has 1 N–H and O–H groups in total. The Hall–Kier alpha value is -2.28. The van der Waals surface area contributed by atoms with Gasteiger partial charge in [0.15, 0.2) is 0 Å². The summed E-state index contributed by atoms with van der Waals surface area (Å²) in [7, 11) is 0. The lowest BCUT2D eigenvalue weighted by Crippen LogP contribution is -1.97. The van der Waals surface area contributed by atoms with Crippen molar-refractivity contribution in [1.29, 1.82) is 0 Å². The summed E-state index contributed by atoms with van der Waals surface area (Å²) < 4.78 is 4.94. The lowest BCUT2D eigenvalue weighted by Gasteiger charge is -1.98. The van der Waals surface area contributed by atoms with Crippen LogP contribution in [0, 0.1) is 10.1 Å². The van der Waals surface area contributed by atoms with Gasteiger partial charge in [-0.15, -0.1) is 0 Å². The van der Waals surface area contributed by atoms with E-state index >= 15 is 0 Å². The number of aliphatic hydroxyl groups is 1. The van der Waals surface area contributed by atoms with Crippen LogP contribution in [0.5, 0.6) is 0 Å². The molecule has 0 saturated carbocycles. The van der Waals surface area contributed by atoms with E-state index in [1.807, 2.05) is 0 Å². The molecule has 1 aromatic carbocycles. The van der Waals surface area contributed by atoms with Crippen LogP contribution in [-0.2, 0) is 0 Å². The van der Waals surface area contributed by atoms with E-state index in [1.54, 1.807) is 19.1 Å². The monoisotopic (exact) mass is 249 g/mol. The molecule has 0 aliphatic carbocycles. The predicted octanol–water partition coefficient (Wildman–Crippen LogP) is 2.09. The Morgan fingerprint density at radius 2 is 2.22 bits per heavy atom. The van der Waals surface area contributed by atoms with Gasteiger partial charge in [-0.3, -0.25) is 10.1 Å². The second-order valence-corrected chi connectivity index (χ2v) is 3.66. The Bertz CT molecular complexity index is 567.